The van der Waals surface area contributed by atoms with Gasteiger partial charge in [0, 0.05) is 23.8 Å². The zero-order chi connectivity index (χ0) is 11.7. The van der Waals surface area contributed by atoms with Crippen molar-refractivity contribution in [3.8, 4) is 11.3 Å². The molecular formula is C9H7FN4O2. The van der Waals surface area contributed by atoms with Gasteiger partial charge in [0.15, 0.2) is 0 Å². The van der Waals surface area contributed by atoms with E-state index in [0.29, 0.717) is 5.69 Å². The van der Waals surface area contributed by atoms with Gasteiger partial charge in [-0.3, -0.25) is 15.2 Å². The summed E-state index contributed by atoms with van der Waals surface area (Å²) < 4.78 is 13.4. The third-order valence-electron chi connectivity index (χ3n) is 2.05. The number of aromatic nitrogens is 2. The molecule has 82 valence electrons. The summed E-state index contributed by atoms with van der Waals surface area (Å²) in [5.41, 5.74) is 5.55. The molecule has 1 aromatic carbocycles. The molecule has 0 radical (unpaired) electrons. The molecule has 0 saturated heterocycles. The van der Waals surface area contributed by atoms with Gasteiger partial charge in [-0.2, -0.15) is 5.10 Å². The second-order valence-corrected chi connectivity index (χ2v) is 3.13. The average molecular weight is 222 g/mol. The number of nitrogens with zero attached hydrogens (tertiary/aromatic N) is 2. The maximum absolute atomic E-state index is 13.4. The Morgan fingerprint density at radius 3 is 2.75 bits per heavy atom. The molecule has 0 fully saturated rings. The van der Waals surface area contributed by atoms with Gasteiger partial charge in [0.2, 0.25) is 0 Å². The molecule has 7 heteroatoms. The van der Waals surface area contributed by atoms with E-state index in [-0.39, 0.29) is 17.1 Å². The van der Waals surface area contributed by atoms with E-state index >= 15 is 0 Å². The highest BCUT2D eigenvalue weighted by Crippen LogP contribution is 2.26. The molecule has 0 unspecified atom stereocenters. The van der Waals surface area contributed by atoms with Gasteiger partial charge in [0.25, 0.3) is 5.69 Å². The van der Waals surface area contributed by atoms with Gasteiger partial charge in [0.1, 0.15) is 11.6 Å². The molecular weight excluding hydrogens is 215 g/mol. The first-order chi connectivity index (χ1) is 7.58. The van der Waals surface area contributed by atoms with E-state index in [1.54, 1.807) is 0 Å². The lowest BCUT2D eigenvalue weighted by Crippen LogP contribution is -1.91. The number of rotatable bonds is 2. The molecule has 1 heterocycles. The maximum Gasteiger partial charge on any atom is 0.270 e. The third-order valence-corrected chi connectivity index (χ3v) is 2.05. The number of nitro groups is 1. The maximum atomic E-state index is 13.4. The number of nitro benzene ring substituents is 1. The average Bonchev–Trinajstić information content (AvgIpc) is 2.65. The highest BCUT2D eigenvalue weighted by Gasteiger charge is 2.13. The van der Waals surface area contributed by atoms with E-state index in [4.69, 9.17) is 5.73 Å². The number of nitrogens with two attached hydrogens (primary N) is 1. The summed E-state index contributed by atoms with van der Waals surface area (Å²) in [4.78, 5) is 9.94. The molecule has 0 aliphatic rings. The molecule has 16 heavy (non-hydrogen) atoms. The van der Waals surface area contributed by atoms with Crippen LogP contribution in [-0.2, 0) is 0 Å². The van der Waals surface area contributed by atoms with E-state index in [1.807, 2.05) is 0 Å². The van der Waals surface area contributed by atoms with Crippen LogP contribution in [0.15, 0.2) is 24.3 Å². The Kier molecular flexibility index (Phi) is 2.28. The Labute approximate surface area is 89.0 Å². The Balaban J connectivity index is 2.55. The summed E-state index contributed by atoms with van der Waals surface area (Å²) in [5.74, 6) is -0.379. The SMILES string of the molecule is Nc1cc(-c2cc([N+](=O)[O-])ccc2F)[nH]n1. The summed E-state index contributed by atoms with van der Waals surface area (Å²) in [7, 11) is 0. The van der Waals surface area contributed by atoms with Crippen LogP contribution in [-0.4, -0.2) is 15.1 Å². The fraction of sp³-hybridized carbons (Fsp3) is 0. The number of halogens is 1. The molecule has 2 aromatic rings. The van der Waals surface area contributed by atoms with Crippen molar-refractivity contribution < 1.29 is 9.31 Å². The predicted octanol–water partition coefficient (Wildman–Crippen LogP) is 1.71. The van der Waals surface area contributed by atoms with Gasteiger partial charge in [-0.15, -0.1) is 0 Å². The first kappa shape index (κ1) is 10.1. The lowest BCUT2D eigenvalue weighted by atomic mass is 10.1. The van der Waals surface area contributed by atoms with Crippen LogP contribution in [0.1, 0.15) is 0 Å². The van der Waals surface area contributed by atoms with E-state index < -0.39 is 10.7 Å². The second-order valence-electron chi connectivity index (χ2n) is 3.13. The van der Waals surface area contributed by atoms with E-state index in [9.17, 15) is 14.5 Å². The topological polar surface area (TPSA) is 97.8 Å². The van der Waals surface area contributed by atoms with Crippen molar-refractivity contribution in [3.05, 3.63) is 40.2 Å². The standard InChI is InChI=1S/C9H7FN4O2/c10-7-2-1-5(14(15)16)3-6(7)8-4-9(11)13-12-8/h1-4H,(H3,11,12,13). The van der Waals surface area contributed by atoms with Crippen LogP contribution >= 0.6 is 0 Å². The van der Waals surface area contributed by atoms with Crippen molar-refractivity contribution in [2.75, 3.05) is 5.73 Å². The molecule has 0 aliphatic heterocycles. The van der Waals surface area contributed by atoms with Crippen LogP contribution in [0.2, 0.25) is 0 Å². The largest absolute Gasteiger partial charge is 0.382 e. The van der Waals surface area contributed by atoms with Crippen molar-refractivity contribution >= 4 is 11.5 Å². The molecule has 0 bridgehead atoms. The molecule has 1 aromatic heterocycles. The monoisotopic (exact) mass is 222 g/mol. The Bertz CT molecular complexity index is 552. The Hall–Kier alpha value is -2.44. The lowest BCUT2D eigenvalue weighted by Gasteiger charge is -1.99. The Morgan fingerprint density at radius 1 is 1.44 bits per heavy atom. The molecule has 0 amide bonds. The fourth-order valence-electron chi connectivity index (χ4n) is 1.31. The normalized spacial score (nSPS) is 10.3. The van der Waals surface area contributed by atoms with Crippen LogP contribution in [0.4, 0.5) is 15.9 Å². The van der Waals surface area contributed by atoms with Crippen molar-refractivity contribution in [1.29, 1.82) is 0 Å². The number of benzene rings is 1. The molecule has 0 atom stereocenters. The molecule has 0 spiro atoms. The minimum Gasteiger partial charge on any atom is -0.382 e. The Morgan fingerprint density at radius 2 is 2.19 bits per heavy atom. The number of nitrogens with one attached hydrogen (secondary N) is 1. The van der Waals surface area contributed by atoms with Gasteiger partial charge in [0.05, 0.1) is 10.6 Å². The number of H-pyrrole nitrogens is 1. The minimum atomic E-state index is -0.595. The highest BCUT2D eigenvalue weighted by atomic mass is 19.1. The summed E-state index contributed by atoms with van der Waals surface area (Å²) >= 11 is 0. The van der Waals surface area contributed by atoms with E-state index in [1.165, 1.54) is 6.07 Å². The number of anilines is 1. The zero-order valence-electron chi connectivity index (χ0n) is 7.98. The quantitative estimate of drug-likeness (QED) is 0.596. The molecule has 0 saturated carbocycles. The van der Waals surface area contributed by atoms with Crippen LogP contribution in [0.3, 0.4) is 0 Å². The van der Waals surface area contributed by atoms with Crippen molar-refractivity contribution in [1.82, 2.24) is 10.2 Å². The number of nitrogen functional groups attached to an aromatic ring is 1. The van der Waals surface area contributed by atoms with Crippen LogP contribution in [0, 0.1) is 15.9 Å². The number of hydrogen-bond donors (Lipinski definition) is 2. The van der Waals surface area contributed by atoms with Gasteiger partial charge in [-0.05, 0) is 6.07 Å². The summed E-state index contributed by atoms with van der Waals surface area (Å²) in [6.07, 6.45) is 0. The fourth-order valence-corrected chi connectivity index (χ4v) is 1.31. The lowest BCUT2D eigenvalue weighted by molar-refractivity contribution is -0.384. The van der Waals surface area contributed by atoms with Crippen LogP contribution < -0.4 is 5.73 Å². The van der Waals surface area contributed by atoms with Crippen molar-refractivity contribution in [3.63, 3.8) is 0 Å². The van der Waals surface area contributed by atoms with Gasteiger partial charge >= 0.3 is 0 Å². The first-order valence-electron chi connectivity index (χ1n) is 4.33. The smallest absolute Gasteiger partial charge is 0.270 e. The predicted molar refractivity (Wildman–Crippen MR) is 55.0 cm³/mol. The van der Waals surface area contributed by atoms with Crippen molar-refractivity contribution in [2.45, 2.75) is 0 Å². The summed E-state index contributed by atoms with van der Waals surface area (Å²) in [5, 5.41) is 16.6. The number of non-ortho nitro benzene ring substituents is 1. The molecule has 0 aliphatic carbocycles. The molecule has 2 rings (SSSR count). The van der Waals surface area contributed by atoms with Gasteiger partial charge < -0.3 is 5.73 Å². The number of hydrogen-bond acceptors (Lipinski definition) is 4. The van der Waals surface area contributed by atoms with Crippen LogP contribution in [0.5, 0.6) is 0 Å². The second kappa shape index (κ2) is 3.61. The summed E-state index contributed by atoms with van der Waals surface area (Å²) in [6.45, 7) is 0. The molecule has 3 N–H and O–H groups in total. The highest BCUT2D eigenvalue weighted by molar-refractivity contribution is 5.65. The molecule has 6 nitrogen and oxygen atoms in total. The van der Waals surface area contributed by atoms with Crippen molar-refractivity contribution in [2.24, 2.45) is 0 Å². The van der Waals surface area contributed by atoms with E-state index in [0.717, 1.165) is 18.2 Å². The first-order valence-corrected chi connectivity index (χ1v) is 4.33. The number of aromatic amines is 1. The summed E-state index contributed by atoms with van der Waals surface area (Å²) in [6, 6.07) is 4.66. The van der Waals surface area contributed by atoms with Gasteiger partial charge in [-0.25, -0.2) is 4.39 Å². The van der Waals surface area contributed by atoms with Gasteiger partial charge in [-0.1, -0.05) is 0 Å². The van der Waals surface area contributed by atoms with E-state index in [2.05, 4.69) is 10.2 Å². The van der Waals surface area contributed by atoms with Crippen LogP contribution in [0.25, 0.3) is 11.3 Å². The minimum absolute atomic E-state index is 0.0680. The third kappa shape index (κ3) is 1.70. The zero-order valence-corrected chi connectivity index (χ0v) is 7.98.